The van der Waals surface area contributed by atoms with Crippen LogP contribution in [0.25, 0.3) is 0 Å². The van der Waals surface area contributed by atoms with E-state index in [1.165, 1.54) is 0 Å². The van der Waals surface area contributed by atoms with Crippen molar-refractivity contribution in [3.05, 3.63) is 23.7 Å². The zero-order valence-corrected chi connectivity index (χ0v) is 18.6. The molecule has 5 nitrogen and oxygen atoms in total. The summed E-state index contributed by atoms with van der Waals surface area (Å²) < 4.78 is 12.0. The fourth-order valence-electron chi connectivity index (χ4n) is 4.41. The minimum absolute atomic E-state index is 0.139. The first-order valence-corrected chi connectivity index (χ1v) is 11.3. The summed E-state index contributed by atoms with van der Waals surface area (Å²) in [5.41, 5.74) is -0.589. The predicted molar refractivity (Wildman–Crippen MR) is 114 cm³/mol. The molecule has 160 valence electrons. The lowest BCUT2D eigenvalue weighted by atomic mass is 9.77. The molecule has 0 N–H and O–H groups in total. The van der Waals surface area contributed by atoms with Crippen LogP contribution in [0.1, 0.15) is 60.3 Å². The molecular formula is C23H40N2O3. The van der Waals surface area contributed by atoms with Gasteiger partial charge in [-0.25, -0.2) is 0 Å². The highest BCUT2D eigenvalue weighted by molar-refractivity contribution is 5.89. The number of carbonyl (C=O) groups is 1. The summed E-state index contributed by atoms with van der Waals surface area (Å²) >= 11 is 0. The topological polar surface area (TPSA) is 42.0 Å². The molecule has 28 heavy (non-hydrogen) atoms. The predicted octanol–water partition coefficient (Wildman–Crippen LogP) is 4.21. The van der Waals surface area contributed by atoms with Gasteiger partial charge in [-0.15, -0.1) is 0 Å². The highest BCUT2D eigenvalue weighted by Gasteiger charge is 2.47. The number of likely N-dealkylation sites (tertiary alicyclic amines) is 1. The Kier molecular flexibility index (Phi) is 8.87. The van der Waals surface area contributed by atoms with Crippen LogP contribution in [0.2, 0.25) is 0 Å². The molecule has 1 spiro atoms. The maximum absolute atomic E-state index is 13.4. The third-order valence-corrected chi connectivity index (χ3v) is 5.96. The van der Waals surface area contributed by atoms with Gasteiger partial charge >= 0.3 is 0 Å². The quantitative estimate of drug-likeness (QED) is 0.499. The van der Waals surface area contributed by atoms with Crippen LogP contribution in [0.4, 0.5) is 0 Å². The van der Waals surface area contributed by atoms with Gasteiger partial charge in [0.1, 0.15) is 11.5 Å². The largest absolute Gasteiger partial charge is 0.498 e. The van der Waals surface area contributed by atoms with E-state index in [4.69, 9.17) is 9.47 Å². The highest BCUT2D eigenvalue weighted by atomic mass is 16.5. The number of nitrogens with zero attached hydrogens (tertiary/aromatic N) is 2. The molecule has 1 heterocycles. The SMILES string of the molecule is CCCC1C(OCC)=CC2(C=C1OCC)CCN(CCCN(CC)CC)C2=O. The fourth-order valence-corrected chi connectivity index (χ4v) is 4.41. The van der Waals surface area contributed by atoms with E-state index < -0.39 is 5.41 Å². The standard InChI is InChI=1S/C23H40N2O3/c1-6-12-19-20(27-9-4)17-23(18-21(19)28-10-5)13-16-25(22(23)26)15-11-14-24(7-2)8-3/h17-19H,6-16H2,1-5H3. The van der Waals surface area contributed by atoms with Crippen molar-refractivity contribution in [3.63, 3.8) is 0 Å². The Hall–Kier alpha value is -1.49. The van der Waals surface area contributed by atoms with Crippen LogP contribution in [0.5, 0.6) is 0 Å². The summed E-state index contributed by atoms with van der Waals surface area (Å²) in [4.78, 5) is 17.8. The molecular weight excluding hydrogens is 352 g/mol. The van der Waals surface area contributed by atoms with E-state index in [9.17, 15) is 4.79 Å². The number of hydrogen-bond acceptors (Lipinski definition) is 4. The van der Waals surface area contributed by atoms with Gasteiger partial charge < -0.3 is 19.3 Å². The molecule has 1 amide bonds. The van der Waals surface area contributed by atoms with Gasteiger partial charge in [0.15, 0.2) is 0 Å². The van der Waals surface area contributed by atoms with E-state index in [-0.39, 0.29) is 11.8 Å². The first-order chi connectivity index (χ1) is 13.5. The molecule has 0 aromatic rings. The molecule has 1 aliphatic heterocycles. The Balaban J connectivity index is 2.16. The first-order valence-electron chi connectivity index (χ1n) is 11.3. The summed E-state index contributed by atoms with van der Waals surface area (Å²) in [6, 6.07) is 0. The first kappa shape index (κ1) is 22.8. The van der Waals surface area contributed by atoms with Gasteiger partial charge in [-0.2, -0.15) is 0 Å². The van der Waals surface area contributed by atoms with E-state index in [1.54, 1.807) is 0 Å². The summed E-state index contributed by atoms with van der Waals surface area (Å²) in [6.07, 6.45) is 8.07. The fraction of sp³-hybridized carbons (Fsp3) is 0.783. The molecule has 0 radical (unpaired) electrons. The van der Waals surface area contributed by atoms with Crippen molar-refractivity contribution in [2.75, 3.05) is 45.9 Å². The highest BCUT2D eigenvalue weighted by Crippen LogP contribution is 2.45. The van der Waals surface area contributed by atoms with Gasteiger partial charge in [0.05, 0.1) is 24.5 Å². The molecule has 1 aliphatic carbocycles. The van der Waals surface area contributed by atoms with Crippen molar-refractivity contribution in [2.24, 2.45) is 11.3 Å². The van der Waals surface area contributed by atoms with Crippen molar-refractivity contribution in [3.8, 4) is 0 Å². The third-order valence-electron chi connectivity index (χ3n) is 5.96. The molecule has 1 saturated heterocycles. The third kappa shape index (κ3) is 5.11. The Morgan fingerprint density at radius 1 is 1.07 bits per heavy atom. The van der Waals surface area contributed by atoms with Gasteiger partial charge in [-0.3, -0.25) is 4.79 Å². The molecule has 1 fully saturated rings. The van der Waals surface area contributed by atoms with Crippen LogP contribution in [-0.2, 0) is 14.3 Å². The van der Waals surface area contributed by atoms with Crippen molar-refractivity contribution in [1.29, 1.82) is 0 Å². The minimum Gasteiger partial charge on any atom is -0.498 e. The molecule has 0 atom stereocenters. The van der Waals surface area contributed by atoms with Gasteiger partial charge in [-0.1, -0.05) is 27.2 Å². The summed E-state index contributed by atoms with van der Waals surface area (Å²) in [7, 11) is 0. The Morgan fingerprint density at radius 2 is 1.68 bits per heavy atom. The van der Waals surface area contributed by atoms with Crippen LogP contribution < -0.4 is 0 Å². The minimum atomic E-state index is -0.589. The van der Waals surface area contributed by atoms with Crippen LogP contribution in [0, 0.1) is 11.3 Å². The summed E-state index contributed by atoms with van der Waals surface area (Å²) in [6.45, 7) is 16.6. The lowest BCUT2D eigenvalue weighted by Crippen LogP contribution is -2.37. The van der Waals surface area contributed by atoms with Crippen molar-refractivity contribution in [1.82, 2.24) is 9.80 Å². The molecule has 2 aliphatic rings. The van der Waals surface area contributed by atoms with Crippen molar-refractivity contribution in [2.45, 2.75) is 60.3 Å². The van der Waals surface area contributed by atoms with E-state index in [1.807, 2.05) is 18.7 Å². The molecule has 0 aromatic heterocycles. The molecule has 2 rings (SSSR count). The number of amides is 1. The van der Waals surface area contributed by atoms with Gasteiger partial charge in [0.2, 0.25) is 5.91 Å². The second-order valence-electron chi connectivity index (χ2n) is 7.76. The zero-order chi connectivity index (χ0) is 20.6. The van der Waals surface area contributed by atoms with E-state index in [0.29, 0.717) is 13.2 Å². The smallest absolute Gasteiger partial charge is 0.236 e. The molecule has 0 saturated carbocycles. The number of hydrogen-bond donors (Lipinski definition) is 0. The number of ether oxygens (including phenoxy) is 2. The maximum atomic E-state index is 13.4. The van der Waals surface area contributed by atoms with Crippen LogP contribution >= 0.6 is 0 Å². The van der Waals surface area contributed by atoms with Crippen LogP contribution in [-0.4, -0.2) is 61.6 Å². The van der Waals surface area contributed by atoms with E-state index >= 15 is 0 Å². The van der Waals surface area contributed by atoms with E-state index in [0.717, 1.165) is 69.9 Å². The van der Waals surface area contributed by atoms with Crippen molar-refractivity contribution >= 4 is 5.91 Å². The summed E-state index contributed by atoms with van der Waals surface area (Å²) in [5, 5.41) is 0. The Labute approximate surface area is 171 Å². The average molecular weight is 393 g/mol. The molecule has 0 unspecified atom stereocenters. The zero-order valence-electron chi connectivity index (χ0n) is 18.6. The maximum Gasteiger partial charge on any atom is 0.236 e. The summed E-state index contributed by atoms with van der Waals surface area (Å²) in [5.74, 6) is 2.19. The second-order valence-corrected chi connectivity index (χ2v) is 7.76. The molecule has 5 heteroatoms. The average Bonchev–Trinajstić information content (AvgIpc) is 2.98. The normalized spacial score (nSPS) is 24.7. The van der Waals surface area contributed by atoms with Gasteiger partial charge in [0.25, 0.3) is 0 Å². The molecule has 0 bridgehead atoms. The van der Waals surface area contributed by atoms with Crippen LogP contribution in [0.15, 0.2) is 23.7 Å². The van der Waals surface area contributed by atoms with Crippen molar-refractivity contribution < 1.29 is 14.3 Å². The Bertz CT molecular complexity index is 542. The second kappa shape index (κ2) is 10.9. The number of rotatable bonds is 12. The number of carbonyl (C=O) groups excluding carboxylic acids is 1. The molecule has 0 aromatic carbocycles. The monoisotopic (exact) mass is 392 g/mol. The lowest BCUT2D eigenvalue weighted by molar-refractivity contribution is -0.132. The lowest BCUT2D eigenvalue weighted by Gasteiger charge is -2.33. The van der Waals surface area contributed by atoms with Crippen LogP contribution in [0.3, 0.4) is 0 Å². The van der Waals surface area contributed by atoms with Gasteiger partial charge in [-0.05, 0) is 64.9 Å². The van der Waals surface area contributed by atoms with Gasteiger partial charge in [0, 0.05) is 13.1 Å². The Morgan fingerprint density at radius 3 is 2.18 bits per heavy atom. The van der Waals surface area contributed by atoms with E-state index in [2.05, 4.69) is 37.8 Å².